The molecule has 3 heterocycles. The number of hydrogen-bond acceptors (Lipinski definition) is 2. The van der Waals surface area contributed by atoms with Crippen LogP contribution in [0.4, 0.5) is 4.39 Å². The maximum atomic E-state index is 12.9. The van der Waals surface area contributed by atoms with E-state index in [9.17, 15) is 4.39 Å². The molecule has 0 N–H and O–H groups in total. The van der Waals surface area contributed by atoms with Crippen LogP contribution in [-0.4, -0.2) is 17.8 Å². The first-order valence-electron chi connectivity index (χ1n) is 4.73. The van der Waals surface area contributed by atoms with Crippen molar-refractivity contribution in [1.82, 2.24) is 4.40 Å². The van der Waals surface area contributed by atoms with E-state index in [4.69, 9.17) is 9.47 Å². The van der Waals surface area contributed by atoms with E-state index < -0.39 is 0 Å². The molecule has 15 heavy (non-hydrogen) atoms. The van der Waals surface area contributed by atoms with Gasteiger partial charge in [-0.25, -0.2) is 4.39 Å². The van der Waals surface area contributed by atoms with Crippen LogP contribution < -0.4 is 0 Å². The minimum Gasteiger partial charge on any atom is -0.353 e. The average Bonchev–Trinajstić information content (AvgIpc) is 2.91. The monoisotopic (exact) mass is 207 g/mol. The van der Waals surface area contributed by atoms with Gasteiger partial charge >= 0.3 is 0 Å². The van der Waals surface area contributed by atoms with E-state index in [0.29, 0.717) is 0 Å². The molecule has 3 nitrogen and oxygen atoms in total. The summed E-state index contributed by atoms with van der Waals surface area (Å²) in [4.78, 5) is 0. The molecule has 2 atom stereocenters. The molecule has 2 unspecified atom stereocenters. The highest BCUT2D eigenvalue weighted by Crippen LogP contribution is 2.39. The van der Waals surface area contributed by atoms with Gasteiger partial charge in [-0.3, -0.25) is 0 Å². The molecule has 0 amide bonds. The van der Waals surface area contributed by atoms with Gasteiger partial charge in [-0.15, -0.1) is 0 Å². The van der Waals surface area contributed by atoms with Crippen LogP contribution in [0.3, 0.4) is 0 Å². The summed E-state index contributed by atoms with van der Waals surface area (Å²) in [6.45, 7) is 0. The van der Waals surface area contributed by atoms with Crippen molar-refractivity contribution in [1.29, 1.82) is 0 Å². The second-order valence-corrected chi connectivity index (χ2v) is 3.61. The Morgan fingerprint density at radius 2 is 2.27 bits per heavy atom. The normalized spacial score (nSPS) is 24.7. The molecule has 3 rings (SSSR count). The Morgan fingerprint density at radius 1 is 1.40 bits per heavy atom. The zero-order chi connectivity index (χ0) is 10.4. The quantitative estimate of drug-likeness (QED) is 0.705. The molecule has 1 saturated heterocycles. The van der Waals surface area contributed by atoms with Crippen LogP contribution in [0.5, 0.6) is 0 Å². The summed E-state index contributed by atoms with van der Waals surface area (Å²) in [5.41, 5.74) is 1.98. The van der Waals surface area contributed by atoms with Crippen LogP contribution in [0.25, 0.3) is 5.52 Å². The van der Waals surface area contributed by atoms with Gasteiger partial charge in [0, 0.05) is 30.6 Å². The first kappa shape index (κ1) is 8.88. The molecule has 1 aliphatic rings. The van der Waals surface area contributed by atoms with Crippen LogP contribution in [-0.2, 0) is 9.47 Å². The van der Waals surface area contributed by atoms with E-state index in [-0.39, 0.29) is 18.2 Å². The summed E-state index contributed by atoms with van der Waals surface area (Å²) in [6.07, 6.45) is 3.16. The maximum absolute atomic E-state index is 12.9. The number of nitrogens with zero attached hydrogens (tertiary/aromatic N) is 1. The fraction of sp³-hybridized carbons (Fsp3) is 0.273. The highest BCUT2D eigenvalue weighted by Gasteiger charge is 2.41. The van der Waals surface area contributed by atoms with E-state index in [2.05, 4.69) is 0 Å². The van der Waals surface area contributed by atoms with Gasteiger partial charge in [0.2, 0.25) is 0 Å². The summed E-state index contributed by atoms with van der Waals surface area (Å²) >= 11 is 0. The molecular formula is C11H10FNO2. The first-order chi connectivity index (χ1) is 7.28. The molecule has 0 bridgehead atoms. The lowest BCUT2D eigenvalue weighted by Gasteiger charge is -1.92. The summed E-state index contributed by atoms with van der Waals surface area (Å²) in [5.74, 6) is -0.246. The Bertz CT molecular complexity index is 508. The van der Waals surface area contributed by atoms with Gasteiger partial charge in [-0.1, -0.05) is 0 Å². The Labute approximate surface area is 86.0 Å². The number of halogens is 1. The van der Waals surface area contributed by atoms with E-state index in [1.165, 1.54) is 12.3 Å². The van der Waals surface area contributed by atoms with Crippen molar-refractivity contribution in [2.45, 2.75) is 12.4 Å². The standard InChI is InChI=1S/C11H10FNO2/c1-14-11-10(15-11)7-4-9-3-2-8(12)6-13(9)5-7/h2-6,10-11H,1H3. The van der Waals surface area contributed by atoms with E-state index in [1.807, 2.05) is 12.3 Å². The summed E-state index contributed by atoms with van der Waals surface area (Å²) < 4.78 is 25.0. The number of methoxy groups -OCH3 is 1. The van der Waals surface area contributed by atoms with Crippen molar-refractivity contribution >= 4 is 5.52 Å². The van der Waals surface area contributed by atoms with Crippen LogP contribution in [0, 0.1) is 5.82 Å². The minimum atomic E-state index is -0.246. The van der Waals surface area contributed by atoms with Crippen molar-refractivity contribution < 1.29 is 13.9 Å². The topological polar surface area (TPSA) is 26.2 Å². The van der Waals surface area contributed by atoms with E-state index >= 15 is 0 Å². The fourth-order valence-electron chi connectivity index (χ4n) is 1.77. The zero-order valence-electron chi connectivity index (χ0n) is 8.18. The van der Waals surface area contributed by atoms with Crippen LogP contribution in [0.15, 0.2) is 30.6 Å². The van der Waals surface area contributed by atoms with Crippen LogP contribution in [0.2, 0.25) is 0 Å². The molecule has 0 radical (unpaired) electrons. The number of pyridine rings is 1. The number of aromatic nitrogens is 1. The van der Waals surface area contributed by atoms with Crippen molar-refractivity contribution in [3.63, 3.8) is 0 Å². The number of fused-ring (bicyclic) bond motifs is 1. The lowest BCUT2D eigenvalue weighted by molar-refractivity contribution is 0.0950. The first-order valence-corrected chi connectivity index (χ1v) is 4.73. The number of rotatable bonds is 2. The highest BCUT2D eigenvalue weighted by atomic mass is 19.1. The summed E-state index contributed by atoms with van der Waals surface area (Å²) in [5, 5.41) is 0. The molecule has 1 fully saturated rings. The number of ether oxygens (including phenoxy) is 2. The van der Waals surface area contributed by atoms with Crippen molar-refractivity contribution in [2.75, 3.05) is 7.11 Å². The lowest BCUT2D eigenvalue weighted by atomic mass is 10.2. The van der Waals surface area contributed by atoms with Gasteiger partial charge in [-0.05, 0) is 18.2 Å². The molecular weight excluding hydrogens is 197 g/mol. The smallest absolute Gasteiger partial charge is 0.188 e. The molecule has 0 aromatic carbocycles. The zero-order valence-corrected chi connectivity index (χ0v) is 8.18. The number of hydrogen-bond donors (Lipinski definition) is 0. The molecule has 0 saturated carbocycles. The molecule has 1 aliphatic heterocycles. The summed E-state index contributed by atoms with van der Waals surface area (Å²) in [7, 11) is 1.61. The Hall–Kier alpha value is -1.39. The third-order valence-corrected chi connectivity index (χ3v) is 2.59. The Morgan fingerprint density at radius 3 is 3.00 bits per heavy atom. The van der Waals surface area contributed by atoms with Gasteiger partial charge in [-0.2, -0.15) is 0 Å². The third-order valence-electron chi connectivity index (χ3n) is 2.59. The second-order valence-electron chi connectivity index (χ2n) is 3.61. The van der Waals surface area contributed by atoms with Crippen molar-refractivity contribution in [3.05, 3.63) is 42.0 Å². The second kappa shape index (κ2) is 3.05. The minimum absolute atomic E-state index is 0.00189. The van der Waals surface area contributed by atoms with E-state index in [1.54, 1.807) is 17.6 Å². The van der Waals surface area contributed by atoms with Gasteiger partial charge in [0.1, 0.15) is 11.9 Å². The highest BCUT2D eigenvalue weighted by molar-refractivity contribution is 5.51. The summed E-state index contributed by atoms with van der Waals surface area (Å²) in [6, 6.07) is 5.16. The maximum Gasteiger partial charge on any atom is 0.188 e. The predicted octanol–water partition coefficient (Wildman–Crippen LogP) is 2.12. The van der Waals surface area contributed by atoms with Crippen LogP contribution in [0.1, 0.15) is 11.7 Å². The number of epoxide rings is 1. The van der Waals surface area contributed by atoms with Gasteiger partial charge in [0.15, 0.2) is 6.29 Å². The molecule has 78 valence electrons. The predicted molar refractivity (Wildman–Crippen MR) is 52.0 cm³/mol. The molecule has 2 aromatic heterocycles. The SMILES string of the molecule is COC1OC1c1cc2ccc(F)cn2c1. The lowest BCUT2D eigenvalue weighted by Crippen LogP contribution is -1.89. The Kier molecular flexibility index (Phi) is 1.81. The molecule has 0 aliphatic carbocycles. The largest absolute Gasteiger partial charge is 0.353 e. The van der Waals surface area contributed by atoms with Crippen molar-refractivity contribution in [3.8, 4) is 0 Å². The third kappa shape index (κ3) is 1.42. The van der Waals surface area contributed by atoms with Gasteiger partial charge in [0.05, 0.1) is 0 Å². The van der Waals surface area contributed by atoms with Gasteiger partial charge < -0.3 is 13.9 Å². The molecule has 2 aromatic rings. The van der Waals surface area contributed by atoms with E-state index in [0.717, 1.165) is 11.1 Å². The fourth-order valence-corrected chi connectivity index (χ4v) is 1.77. The average molecular weight is 207 g/mol. The van der Waals surface area contributed by atoms with Crippen molar-refractivity contribution in [2.24, 2.45) is 0 Å². The molecule has 0 spiro atoms. The Balaban J connectivity index is 2.00. The molecule has 4 heteroatoms. The van der Waals surface area contributed by atoms with Gasteiger partial charge in [0.25, 0.3) is 0 Å². The van der Waals surface area contributed by atoms with Crippen LogP contribution >= 0.6 is 0 Å².